The van der Waals surface area contributed by atoms with Gasteiger partial charge in [0.15, 0.2) is 0 Å². The molecule has 1 saturated heterocycles. The highest BCUT2D eigenvalue weighted by atomic mass is 32.2. The van der Waals surface area contributed by atoms with E-state index in [0.29, 0.717) is 17.7 Å². The zero-order chi connectivity index (χ0) is 12.9. The van der Waals surface area contributed by atoms with Crippen LogP contribution in [-0.2, 0) is 9.84 Å². The van der Waals surface area contributed by atoms with Crippen molar-refractivity contribution >= 4 is 9.84 Å². The number of piperidine rings is 1. The number of rotatable bonds is 6. The first-order chi connectivity index (χ1) is 7.98. The average Bonchev–Trinajstić information content (AvgIpc) is 2.31. The lowest BCUT2D eigenvalue weighted by Crippen LogP contribution is -2.44. The SMILES string of the molecule is CCS(=O)(=O)CCCN1CC(CN)CCC1C. The summed E-state index contributed by atoms with van der Waals surface area (Å²) in [7, 11) is -2.81. The molecule has 0 amide bonds. The van der Waals surface area contributed by atoms with Crippen LogP contribution < -0.4 is 5.73 Å². The summed E-state index contributed by atoms with van der Waals surface area (Å²) in [5, 5.41) is 0. The first-order valence-corrected chi connectivity index (χ1v) is 8.45. The van der Waals surface area contributed by atoms with Crippen LogP contribution in [-0.4, -0.2) is 50.5 Å². The van der Waals surface area contributed by atoms with E-state index in [1.165, 1.54) is 12.8 Å². The maximum atomic E-state index is 11.4. The molecule has 1 heterocycles. The van der Waals surface area contributed by atoms with Gasteiger partial charge in [0, 0.05) is 18.3 Å². The highest BCUT2D eigenvalue weighted by Gasteiger charge is 2.24. The van der Waals surface area contributed by atoms with Crippen LogP contribution in [0, 0.1) is 5.92 Å². The fourth-order valence-electron chi connectivity index (χ4n) is 2.40. The standard InChI is InChI=1S/C12H26N2O2S/c1-3-17(15,16)8-4-7-14-10-12(9-13)6-5-11(14)2/h11-12H,3-10,13H2,1-2H3. The van der Waals surface area contributed by atoms with Gasteiger partial charge in [-0.3, -0.25) is 0 Å². The van der Waals surface area contributed by atoms with Crippen molar-refractivity contribution in [2.24, 2.45) is 11.7 Å². The molecule has 0 bridgehead atoms. The number of likely N-dealkylation sites (tertiary alicyclic amines) is 1. The first-order valence-electron chi connectivity index (χ1n) is 6.63. The van der Waals surface area contributed by atoms with Crippen LogP contribution in [0.1, 0.15) is 33.1 Å². The monoisotopic (exact) mass is 262 g/mol. The van der Waals surface area contributed by atoms with Crippen molar-refractivity contribution in [3.05, 3.63) is 0 Å². The molecule has 0 radical (unpaired) electrons. The quantitative estimate of drug-likeness (QED) is 0.771. The molecule has 1 rings (SSSR count). The van der Waals surface area contributed by atoms with Crippen LogP contribution in [0.4, 0.5) is 0 Å². The molecular formula is C12H26N2O2S. The van der Waals surface area contributed by atoms with Gasteiger partial charge in [-0.2, -0.15) is 0 Å². The van der Waals surface area contributed by atoms with E-state index in [9.17, 15) is 8.42 Å². The van der Waals surface area contributed by atoms with E-state index in [4.69, 9.17) is 5.73 Å². The Morgan fingerprint density at radius 3 is 2.65 bits per heavy atom. The van der Waals surface area contributed by atoms with E-state index in [2.05, 4.69) is 11.8 Å². The van der Waals surface area contributed by atoms with Crippen LogP contribution in [0.25, 0.3) is 0 Å². The van der Waals surface area contributed by atoms with Gasteiger partial charge >= 0.3 is 0 Å². The Hall–Kier alpha value is -0.130. The average molecular weight is 262 g/mol. The summed E-state index contributed by atoms with van der Waals surface area (Å²) in [6.45, 7) is 6.60. The molecule has 0 aliphatic carbocycles. The summed E-state index contributed by atoms with van der Waals surface area (Å²) in [5.41, 5.74) is 5.71. The van der Waals surface area contributed by atoms with Crippen molar-refractivity contribution in [1.29, 1.82) is 0 Å². The summed E-state index contributed by atoms with van der Waals surface area (Å²) in [5.74, 6) is 1.17. The van der Waals surface area contributed by atoms with E-state index in [1.54, 1.807) is 6.92 Å². The second kappa shape index (κ2) is 6.71. The van der Waals surface area contributed by atoms with Crippen molar-refractivity contribution in [2.75, 3.05) is 31.1 Å². The number of hydrogen-bond donors (Lipinski definition) is 1. The van der Waals surface area contributed by atoms with Gasteiger partial charge in [0.05, 0.1) is 5.75 Å². The molecule has 0 aromatic carbocycles. The fraction of sp³-hybridized carbons (Fsp3) is 1.00. The van der Waals surface area contributed by atoms with Crippen molar-refractivity contribution in [2.45, 2.75) is 39.2 Å². The van der Waals surface area contributed by atoms with Gasteiger partial charge in [-0.1, -0.05) is 6.92 Å². The molecule has 2 atom stereocenters. The number of nitrogens with zero attached hydrogens (tertiary/aromatic N) is 1. The van der Waals surface area contributed by atoms with Crippen LogP contribution in [0.2, 0.25) is 0 Å². The highest BCUT2D eigenvalue weighted by molar-refractivity contribution is 7.91. The van der Waals surface area contributed by atoms with Crippen molar-refractivity contribution in [1.82, 2.24) is 4.90 Å². The van der Waals surface area contributed by atoms with Crippen LogP contribution in [0.3, 0.4) is 0 Å². The lowest BCUT2D eigenvalue weighted by Gasteiger charge is -2.37. The lowest BCUT2D eigenvalue weighted by molar-refractivity contribution is 0.121. The third kappa shape index (κ3) is 4.94. The zero-order valence-electron chi connectivity index (χ0n) is 11.1. The molecular weight excluding hydrogens is 236 g/mol. The topological polar surface area (TPSA) is 63.4 Å². The van der Waals surface area contributed by atoms with Gasteiger partial charge in [0.2, 0.25) is 0 Å². The van der Waals surface area contributed by atoms with Crippen LogP contribution in [0.15, 0.2) is 0 Å². The molecule has 0 aromatic heterocycles. The van der Waals surface area contributed by atoms with Gasteiger partial charge in [-0.25, -0.2) is 8.42 Å². The Balaban J connectivity index is 2.34. The predicted molar refractivity (Wildman–Crippen MR) is 71.8 cm³/mol. The molecule has 5 heteroatoms. The van der Waals surface area contributed by atoms with Crippen molar-refractivity contribution in [3.63, 3.8) is 0 Å². The summed E-state index contributed by atoms with van der Waals surface area (Å²) >= 11 is 0. The smallest absolute Gasteiger partial charge is 0.150 e. The molecule has 0 aromatic rings. The molecule has 1 aliphatic heterocycles. The summed E-state index contributed by atoms with van der Waals surface area (Å²) < 4.78 is 22.8. The Morgan fingerprint density at radius 1 is 1.35 bits per heavy atom. The molecule has 102 valence electrons. The minimum absolute atomic E-state index is 0.258. The minimum Gasteiger partial charge on any atom is -0.330 e. The van der Waals surface area contributed by atoms with Crippen LogP contribution in [0.5, 0.6) is 0 Å². The Labute approximate surface area is 105 Å². The maximum Gasteiger partial charge on any atom is 0.150 e. The largest absolute Gasteiger partial charge is 0.330 e. The summed E-state index contributed by atoms with van der Waals surface area (Å²) in [6.07, 6.45) is 3.14. The first kappa shape index (κ1) is 14.9. The molecule has 1 aliphatic rings. The third-order valence-electron chi connectivity index (χ3n) is 3.78. The van der Waals surface area contributed by atoms with Crippen molar-refractivity contribution in [3.8, 4) is 0 Å². The minimum atomic E-state index is -2.81. The second-order valence-corrected chi connectivity index (χ2v) is 7.59. The molecule has 0 saturated carbocycles. The molecule has 4 nitrogen and oxygen atoms in total. The number of sulfone groups is 1. The Kier molecular flexibility index (Phi) is 5.89. The Morgan fingerprint density at radius 2 is 2.06 bits per heavy atom. The third-order valence-corrected chi connectivity index (χ3v) is 5.57. The Bertz CT molecular complexity index is 316. The predicted octanol–water partition coefficient (Wildman–Crippen LogP) is 0.870. The summed E-state index contributed by atoms with van der Waals surface area (Å²) in [6, 6.07) is 0.571. The molecule has 17 heavy (non-hydrogen) atoms. The van der Waals surface area contributed by atoms with Gasteiger partial charge in [-0.05, 0) is 45.2 Å². The van der Waals surface area contributed by atoms with Gasteiger partial charge in [0.25, 0.3) is 0 Å². The summed E-state index contributed by atoms with van der Waals surface area (Å²) in [4.78, 5) is 2.40. The second-order valence-electron chi connectivity index (χ2n) is 5.11. The van der Waals surface area contributed by atoms with Crippen molar-refractivity contribution < 1.29 is 8.42 Å². The van der Waals surface area contributed by atoms with E-state index in [-0.39, 0.29) is 5.75 Å². The van der Waals surface area contributed by atoms with E-state index in [1.807, 2.05) is 0 Å². The van der Waals surface area contributed by atoms with Gasteiger partial charge in [-0.15, -0.1) is 0 Å². The molecule has 2 N–H and O–H groups in total. The number of nitrogens with two attached hydrogens (primary N) is 1. The van der Waals surface area contributed by atoms with E-state index in [0.717, 1.165) is 26.1 Å². The molecule has 2 unspecified atom stereocenters. The van der Waals surface area contributed by atoms with Gasteiger partial charge < -0.3 is 10.6 Å². The zero-order valence-corrected chi connectivity index (χ0v) is 11.9. The van der Waals surface area contributed by atoms with E-state index < -0.39 is 9.84 Å². The van der Waals surface area contributed by atoms with Crippen LogP contribution >= 0.6 is 0 Å². The molecule has 1 fully saturated rings. The highest BCUT2D eigenvalue weighted by Crippen LogP contribution is 2.21. The van der Waals surface area contributed by atoms with E-state index >= 15 is 0 Å². The fourth-order valence-corrected chi connectivity index (χ4v) is 3.26. The number of hydrogen-bond acceptors (Lipinski definition) is 4. The lowest BCUT2D eigenvalue weighted by atomic mass is 9.93. The normalized spacial score (nSPS) is 27.2. The molecule has 0 spiro atoms. The van der Waals surface area contributed by atoms with Gasteiger partial charge in [0.1, 0.15) is 9.84 Å². The maximum absolute atomic E-state index is 11.4.